The van der Waals surface area contributed by atoms with Gasteiger partial charge >= 0.3 is 0 Å². The van der Waals surface area contributed by atoms with E-state index < -0.39 is 0 Å². The largest absolute Gasteiger partial charge is 0.490 e. The zero-order valence-corrected chi connectivity index (χ0v) is 11.0. The smallest absolute Gasteiger partial charge is 0.254 e. The minimum absolute atomic E-state index is 0.142. The van der Waals surface area contributed by atoms with Crippen molar-refractivity contribution in [2.45, 2.75) is 6.92 Å². The van der Waals surface area contributed by atoms with Crippen molar-refractivity contribution in [2.24, 2.45) is 0 Å². The van der Waals surface area contributed by atoms with Crippen LogP contribution in [0.1, 0.15) is 5.56 Å². The Morgan fingerprint density at radius 1 is 1.26 bits per heavy atom. The van der Waals surface area contributed by atoms with E-state index in [1.807, 2.05) is 24.3 Å². The molecule has 0 aliphatic rings. The highest BCUT2D eigenvalue weighted by Crippen LogP contribution is 2.28. The number of ether oxygens (including phenoxy) is 2. The van der Waals surface area contributed by atoms with Gasteiger partial charge in [-0.2, -0.15) is 0 Å². The fourth-order valence-corrected chi connectivity index (χ4v) is 1.76. The first-order chi connectivity index (χ1) is 9.24. The molecular formula is C14H16N2O3. The van der Waals surface area contributed by atoms with E-state index in [2.05, 4.69) is 9.97 Å². The summed E-state index contributed by atoms with van der Waals surface area (Å²) in [5.41, 5.74) is 1.88. The molecule has 1 aromatic heterocycles. The number of aromatic nitrogens is 2. The topological polar surface area (TPSA) is 64.2 Å². The number of hydrogen-bond donors (Lipinski definition) is 1. The van der Waals surface area contributed by atoms with Gasteiger partial charge in [0.25, 0.3) is 5.56 Å². The first-order valence-electron chi connectivity index (χ1n) is 5.99. The predicted molar refractivity (Wildman–Crippen MR) is 72.4 cm³/mol. The number of hydrogen-bond acceptors (Lipinski definition) is 4. The molecule has 0 aliphatic heterocycles. The average Bonchev–Trinajstić information content (AvgIpc) is 2.43. The molecule has 0 radical (unpaired) electrons. The molecule has 5 nitrogen and oxygen atoms in total. The summed E-state index contributed by atoms with van der Waals surface area (Å²) in [5.74, 6) is 0.695. The van der Waals surface area contributed by atoms with Gasteiger partial charge in [-0.05, 0) is 19.1 Å². The normalized spacial score (nSPS) is 10.4. The maximum absolute atomic E-state index is 11.6. The number of rotatable bonds is 5. The number of nitrogens with zero attached hydrogens (tertiary/aromatic N) is 1. The molecule has 0 aliphatic carbocycles. The third kappa shape index (κ3) is 3.00. The Kier molecular flexibility index (Phi) is 4.30. The second-order valence-electron chi connectivity index (χ2n) is 4.04. The Balaban J connectivity index is 2.39. The molecule has 0 amide bonds. The van der Waals surface area contributed by atoms with Crippen LogP contribution in [-0.2, 0) is 4.74 Å². The van der Waals surface area contributed by atoms with Crippen molar-refractivity contribution in [3.05, 3.63) is 46.5 Å². The average molecular weight is 260 g/mol. The van der Waals surface area contributed by atoms with Crippen LogP contribution in [0.15, 0.2) is 35.4 Å². The summed E-state index contributed by atoms with van der Waals surface area (Å²) in [4.78, 5) is 18.4. The lowest BCUT2D eigenvalue weighted by molar-refractivity contribution is 0.146. The molecule has 1 N–H and O–H groups in total. The summed E-state index contributed by atoms with van der Waals surface area (Å²) in [6.45, 7) is 2.71. The molecule has 0 spiro atoms. The third-order valence-corrected chi connectivity index (χ3v) is 2.77. The van der Waals surface area contributed by atoms with Gasteiger partial charge in [-0.25, -0.2) is 4.98 Å². The Labute approximate surface area is 111 Å². The lowest BCUT2D eigenvalue weighted by Gasteiger charge is -2.11. The van der Waals surface area contributed by atoms with E-state index in [1.165, 1.54) is 6.33 Å². The standard InChI is InChI=1S/C14H16N2O3/c1-10-13(15-9-16-14(10)17)11-5-3-4-6-12(11)19-8-7-18-2/h3-6,9H,7-8H2,1-2H3,(H,15,16,17). The van der Waals surface area contributed by atoms with Crippen LogP contribution in [0.2, 0.25) is 0 Å². The van der Waals surface area contributed by atoms with Crippen molar-refractivity contribution in [1.82, 2.24) is 9.97 Å². The van der Waals surface area contributed by atoms with Crippen molar-refractivity contribution in [3.8, 4) is 17.0 Å². The first kappa shape index (κ1) is 13.3. The summed E-state index contributed by atoms with van der Waals surface area (Å²) >= 11 is 0. The molecule has 2 rings (SSSR count). The molecule has 2 aromatic rings. The minimum atomic E-state index is -0.142. The van der Waals surface area contributed by atoms with E-state index in [1.54, 1.807) is 14.0 Å². The molecule has 0 bridgehead atoms. The maximum Gasteiger partial charge on any atom is 0.254 e. The van der Waals surface area contributed by atoms with Gasteiger partial charge in [-0.15, -0.1) is 0 Å². The van der Waals surface area contributed by atoms with Crippen molar-refractivity contribution in [1.29, 1.82) is 0 Å². The zero-order valence-electron chi connectivity index (χ0n) is 11.0. The molecule has 19 heavy (non-hydrogen) atoms. The second-order valence-corrected chi connectivity index (χ2v) is 4.04. The molecule has 0 saturated heterocycles. The van der Waals surface area contributed by atoms with Crippen LogP contribution in [0.5, 0.6) is 5.75 Å². The van der Waals surface area contributed by atoms with Crippen molar-refractivity contribution in [3.63, 3.8) is 0 Å². The Hall–Kier alpha value is -2.14. The Bertz CT molecular complexity index is 608. The van der Waals surface area contributed by atoms with Crippen LogP contribution in [-0.4, -0.2) is 30.3 Å². The number of methoxy groups -OCH3 is 1. The summed E-state index contributed by atoms with van der Waals surface area (Å²) in [7, 11) is 1.62. The van der Waals surface area contributed by atoms with Gasteiger partial charge in [-0.3, -0.25) is 4.79 Å². The van der Waals surface area contributed by atoms with Crippen molar-refractivity contribution < 1.29 is 9.47 Å². The van der Waals surface area contributed by atoms with Gasteiger partial charge in [0, 0.05) is 18.2 Å². The predicted octanol–water partition coefficient (Wildman–Crippen LogP) is 1.77. The Morgan fingerprint density at radius 3 is 2.84 bits per heavy atom. The molecule has 0 fully saturated rings. The van der Waals surface area contributed by atoms with Gasteiger partial charge < -0.3 is 14.5 Å². The molecule has 1 heterocycles. The van der Waals surface area contributed by atoms with Crippen LogP contribution in [0.3, 0.4) is 0 Å². The fraction of sp³-hybridized carbons (Fsp3) is 0.286. The van der Waals surface area contributed by atoms with Crippen LogP contribution in [0, 0.1) is 6.92 Å². The highest BCUT2D eigenvalue weighted by atomic mass is 16.5. The monoisotopic (exact) mass is 260 g/mol. The third-order valence-electron chi connectivity index (χ3n) is 2.77. The number of para-hydroxylation sites is 1. The molecule has 0 atom stereocenters. The van der Waals surface area contributed by atoms with E-state index in [-0.39, 0.29) is 5.56 Å². The number of nitrogens with one attached hydrogen (secondary N) is 1. The van der Waals surface area contributed by atoms with Crippen molar-refractivity contribution >= 4 is 0 Å². The maximum atomic E-state index is 11.6. The van der Waals surface area contributed by atoms with Crippen molar-refractivity contribution in [2.75, 3.05) is 20.3 Å². The number of benzene rings is 1. The zero-order chi connectivity index (χ0) is 13.7. The highest BCUT2D eigenvalue weighted by Gasteiger charge is 2.11. The number of aromatic amines is 1. The van der Waals surface area contributed by atoms with Crippen LogP contribution in [0.4, 0.5) is 0 Å². The van der Waals surface area contributed by atoms with Crippen LogP contribution < -0.4 is 10.3 Å². The fourth-order valence-electron chi connectivity index (χ4n) is 1.76. The molecule has 100 valence electrons. The van der Waals surface area contributed by atoms with E-state index >= 15 is 0 Å². The quantitative estimate of drug-likeness (QED) is 0.832. The molecule has 0 unspecified atom stereocenters. The van der Waals surface area contributed by atoms with Gasteiger partial charge in [0.15, 0.2) is 0 Å². The van der Waals surface area contributed by atoms with E-state index in [4.69, 9.17) is 9.47 Å². The van der Waals surface area contributed by atoms with E-state index in [9.17, 15) is 4.79 Å². The lowest BCUT2D eigenvalue weighted by Crippen LogP contribution is -2.12. The minimum Gasteiger partial charge on any atom is -0.490 e. The summed E-state index contributed by atoms with van der Waals surface area (Å²) in [6.07, 6.45) is 1.40. The van der Waals surface area contributed by atoms with Gasteiger partial charge in [-0.1, -0.05) is 12.1 Å². The summed E-state index contributed by atoms with van der Waals surface area (Å²) in [5, 5.41) is 0. The van der Waals surface area contributed by atoms with Gasteiger partial charge in [0.2, 0.25) is 0 Å². The first-order valence-corrected chi connectivity index (χ1v) is 5.99. The van der Waals surface area contributed by atoms with E-state index in [0.29, 0.717) is 30.2 Å². The molecule has 1 aromatic carbocycles. The highest BCUT2D eigenvalue weighted by molar-refractivity contribution is 5.69. The van der Waals surface area contributed by atoms with Crippen LogP contribution in [0.25, 0.3) is 11.3 Å². The summed E-state index contributed by atoms with van der Waals surface area (Å²) in [6, 6.07) is 7.51. The Morgan fingerprint density at radius 2 is 2.05 bits per heavy atom. The number of H-pyrrole nitrogens is 1. The summed E-state index contributed by atoms with van der Waals surface area (Å²) < 4.78 is 10.6. The SMILES string of the molecule is COCCOc1ccccc1-c1nc[nH]c(=O)c1C. The van der Waals surface area contributed by atoms with Gasteiger partial charge in [0.05, 0.1) is 18.6 Å². The molecule has 0 saturated carbocycles. The van der Waals surface area contributed by atoms with Crippen LogP contribution >= 0.6 is 0 Å². The van der Waals surface area contributed by atoms with E-state index in [0.717, 1.165) is 5.56 Å². The second kappa shape index (κ2) is 6.15. The molecular weight excluding hydrogens is 244 g/mol. The van der Waals surface area contributed by atoms with Gasteiger partial charge in [0.1, 0.15) is 12.4 Å². The lowest BCUT2D eigenvalue weighted by atomic mass is 10.1. The molecule has 5 heteroatoms.